The molecule has 0 bridgehead atoms. The topological polar surface area (TPSA) is 56.4 Å². The largest absolute Gasteiger partial charge is 0.377 e. The Morgan fingerprint density at radius 3 is 2.62 bits per heavy atom. The van der Waals surface area contributed by atoms with Gasteiger partial charge in [0, 0.05) is 12.4 Å². The monoisotopic (exact) mass is 210 g/mol. The summed E-state index contributed by atoms with van der Waals surface area (Å²) in [6.07, 6.45) is 8.12. The molecule has 0 aliphatic carbocycles. The van der Waals surface area contributed by atoms with Crippen LogP contribution in [0, 0.1) is 11.3 Å². The standard InChI is InChI=1S/C13H10N2O/c14-10-11-2-4-12(5-3-11)13(16)6-1-8-15-9-7-13/h1-9,16H. The van der Waals surface area contributed by atoms with Gasteiger partial charge in [-0.2, -0.15) is 5.26 Å². The van der Waals surface area contributed by atoms with Crippen molar-refractivity contribution in [2.75, 3.05) is 0 Å². The maximum absolute atomic E-state index is 10.3. The van der Waals surface area contributed by atoms with Crippen molar-refractivity contribution in [3.8, 4) is 6.07 Å². The van der Waals surface area contributed by atoms with Crippen molar-refractivity contribution in [2.45, 2.75) is 5.60 Å². The summed E-state index contributed by atoms with van der Waals surface area (Å²) in [4.78, 5) is 3.92. The van der Waals surface area contributed by atoms with E-state index >= 15 is 0 Å². The summed E-state index contributed by atoms with van der Waals surface area (Å²) >= 11 is 0. The van der Waals surface area contributed by atoms with E-state index in [-0.39, 0.29) is 0 Å². The molecule has 1 heterocycles. The minimum atomic E-state index is -1.15. The summed E-state index contributed by atoms with van der Waals surface area (Å²) in [6.45, 7) is 0. The van der Waals surface area contributed by atoms with E-state index in [1.54, 1.807) is 54.9 Å². The molecule has 0 saturated heterocycles. The van der Waals surface area contributed by atoms with E-state index < -0.39 is 5.60 Å². The quantitative estimate of drug-likeness (QED) is 0.769. The Morgan fingerprint density at radius 1 is 1.19 bits per heavy atom. The summed E-state index contributed by atoms with van der Waals surface area (Å²) in [6, 6.07) is 8.87. The molecule has 0 amide bonds. The number of rotatable bonds is 1. The van der Waals surface area contributed by atoms with Gasteiger partial charge in [0.25, 0.3) is 0 Å². The summed E-state index contributed by atoms with van der Waals surface area (Å²) in [5.41, 5.74) is 0.138. The van der Waals surface area contributed by atoms with E-state index in [0.29, 0.717) is 11.1 Å². The number of hydrogen-bond acceptors (Lipinski definition) is 3. The van der Waals surface area contributed by atoms with E-state index in [1.807, 2.05) is 6.07 Å². The van der Waals surface area contributed by atoms with Crippen molar-refractivity contribution in [2.24, 2.45) is 4.99 Å². The number of aliphatic imine (C=N–C) groups is 1. The molecule has 1 aliphatic heterocycles. The maximum Gasteiger partial charge on any atom is 0.128 e. The predicted molar refractivity (Wildman–Crippen MR) is 61.8 cm³/mol. The second kappa shape index (κ2) is 4.13. The Bertz CT molecular complexity index is 488. The second-order valence-electron chi connectivity index (χ2n) is 3.49. The Hall–Kier alpha value is -2.18. The van der Waals surface area contributed by atoms with E-state index in [9.17, 15) is 5.11 Å². The van der Waals surface area contributed by atoms with Crippen molar-refractivity contribution in [1.29, 1.82) is 5.26 Å². The van der Waals surface area contributed by atoms with Crippen LogP contribution in [0.1, 0.15) is 11.1 Å². The van der Waals surface area contributed by atoms with Crippen LogP contribution in [0.25, 0.3) is 0 Å². The average Bonchev–Trinajstić information content (AvgIpc) is 2.55. The highest BCUT2D eigenvalue weighted by molar-refractivity contribution is 5.73. The second-order valence-corrected chi connectivity index (χ2v) is 3.49. The first-order valence-corrected chi connectivity index (χ1v) is 4.86. The number of allylic oxidation sites excluding steroid dienone is 1. The normalized spacial score (nSPS) is 22.8. The first-order valence-electron chi connectivity index (χ1n) is 4.86. The van der Waals surface area contributed by atoms with Gasteiger partial charge in [0.2, 0.25) is 0 Å². The molecular weight excluding hydrogens is 200 g/mol. The van der Waals surface area contributed by atoms with Gasteiger partial charge in [0.15, 0.2) is 0 Å². The summed E-state index contributed by atoms with van der Waals surface area (Å²) in [7, 11) is 0. The van der Waals surface area contributed by atoms with Gasteiger partial charge in [-0.1, -0.05) is 12.1 Å². The van der Waals surface area contributed by atoms with Crippen LogP contribution >= 0.6 is 0 Å². The molecule has 0 aromatic heterocycles. The van der Waals surface area contributed by atoms with Gasteiger partial charge in [0.1, 0.15) is 5.60 Å². The molecule has 1 aliphatic rings. The minimum Gasteiger partial charge on any atom is -0.377 e. The van der Waals surface area contributed by atoms with Crippen LogP contribution in [0.5, 0.6) is 0 Å². The lowest BCUT2D eigenvalue weighted by Gasteiger charge is -2.20. The molecule has 0 radical (unpaired) electrons. The zero-order valence-electron chi connectivity index (χ0n) is 8.54. The summed E-state index contributed by atoms with van der Waals surface area (Å²) in [5, 5.41) is 19.0. The highest BCUT2D eigenvalue weighted by Gasteiger charge is 2.22. The van der Waals surface area contributed by atoms with Gasteiger partial charge in [-0.15, -0.1) is 0 Å². The average molecular weight is 210 g/mol. The van der Waals surface area contributed by atoms with Crippen molar-refractivity contribution in [3.05, 3.63) is 59.8 Å². The zero-order valence-corrected chi connectivity index (χ0v) is 8.54. The van der Waals surface area contributed by atoms with Crippen LogP contribution in [0.15, 0.2) is 53.7 Å². The Morgan fingerprint density at radius 2 is 1.94 bits per heavy atom. The van der Waals surface area contributed by atoms with Crippen molar-refractivity contribution in [1.82, 2.24) is 0 Å². The van der Waals surface area contributed by atoms with Crippen LogP contribution in [-0.2, 0) is 5.60 Å². The number of benzene rings is 1. The van der Waals surface area contributed by atoms with Crippen LogP contribution in [-0.4, -0.2) is 11.3 Å². The molecule has 78 valence electrons. The molecule has 1 unspecified atom stereocenters. The van der Waals surface area contributed by atoms with Gasteiger partial charge in [0.05, 0.1) is 11.6 Å². The predicted octanol–water partition coefficient (Wildman–Crippen LogP) is 1.90. The molecule has 2 rings (SSSR count). The molecular formula is C13H10N2O. The molecule has 3 nitrogen and oxygen atoms in total. The molecule has 0 saturated carbocycles. The fraction of sp³-hybridized carbons (Fsp3) is 0.0769. The Balaban J connectivity index is 2.40. The third kappa shape index (κ3) is 1.92. The van der Waals surface area contributed by atoms with Gasteiger partial charge in [-0.25, -0.2) is 0 Å². The van der Waals surface area contributed by atoms with E-state index in [4.69, 9.17) is 5.26 Å². The summed E-state index contributed by atoms with van der Waals surface area (Å²) in [5.74, 6) is 0. The zero-order chi connectivity index (χ0) is 11.4. The van der Waals surface area contributed by atoms with Gasteiger partial charge in [-0.3, -0.25) is 4.99 Å². The van der Waals surface area contributed by atoms with Crippen molar-refractivity contribution in [3.63, 3.8) is 0 Å². The molecule has 16 heavy (non-hydrogen) atoms. The molecule has 0 spiro atoms. The highest BCUT2D eigenvalue weighted by atomic mass is 16.3. The Labute approximate surface area is 93.7 Å². The minimum absolute atomic E-state index is 0.574. The fourth-order valence-corrected chi connectivity index (χ4v) is 1.51. The van der Waals surface area contributed by atoms with Crippen LogP contribution in [0.2, 0.25) is 0 Å². The van der Waals surface area contributed by atoms with Gasteiger partial charge in [-0.05, 0) is 35.9 Å². The van der Waals surface area contributed by atoms with E-state index in [2.05, 4.69) is 4.99 Å². The SMILES string of the molecule is N#Cc1ccc(C2(O)C=CC=NC=C2)cc1. The summed E-state index contributed by atoms with van der Waals surface area (Å²) < 4.78 is 0. The number of nitrogens with zero attached hydrogens (tertiary/aromatic N) is 2. The highest BCUT2D eigenvalue weighted by Crippen LogP contribution is 2.25. The molecule has 1 aromatic carbocycles. The lowest BCUT2D eigenvalue weighted by molar-refractivity contribution is 0.143. The maximum atomic E-state index is 10.3. The first-order chi connectivity index (χ1) is 7.74. The third-order valence-corrected chi connectivity index (χ3v) is 2.41. The lowest BCUT2D eigenvalue weighted by Crippen LogP contribution is -2.19. The van der Waals surface area contributed by atoms with E-state index in [0.717, 1.165) is 0 Å². The van der Waals surface area contributed by atoms with Crippen molar-refractivity contribution < 1.29 is 5.11 Å². The first kappa shape index (κ1) is 10.3. The van der Waals surface area contributed by atoms with Gasteiger partial charge < -0.3 is 5.11 Å². The fourth-order valence-electron chi connectivity index (χ4n) is 1.51. The number of hydrogen-bond donors (Lipinski definition) is 1. The van der Waals surface area contributed by atoms with Crippen molar-refractivity contribution >= 4 is 6.21 Å². The number of nitriles is 1. The smallest absolute Gasteiger partial charge is 0.128 e. The van der Waals surface area contributed by atoms with Crippen LogP contribution in [0.4, 0.5) is 0 Å². The molecule has 1 N–H and O–H groups in total. The molecule has 3 heteroatoms. The number of aliphatic hydroxyl groups is 1. The lowest BCUT2D eigenvalue weighted by atomic mass is 9.93. The van der Waals surface area contributed by atoms with Crippen LogP contribution < -0.4 is 0 Å². The Kier molecular flexibility index (Phi) is 2.67. The molecule has 1 atom stereocenters. The van der Waals surface area contributed by atoms with Gasteiger partial charge >= 0.3 is 0 Å². The van der Waals surface area contributed by atoms with E-state index in [1.165, 1.54) is 0 Å². The third-order valence-electron chi connectivity index (χ3n) is 2.41. The molecule has 1 aromatic rings. The van der Waals surface area contributed by atoms with Crippen LogP contribution in [0.3, 0.4) is 0 Å². The molecule has 0 fully saturated rings.